The summed E-state index contributed by atoms with van der Waals surface area (Å²) in [5, 5.41) is 3.50. The molecule has 0 spiro atoms. The minimum atomic E-state index is -2.41. The van der Waals surface area contributed by atoms with Crippen LogP contribution >= 0.6 is 0 Å². The molecule has 8 heteroatoms. The van der Waals surface area contributed by atoms with Gasteiger partial charge in [-0.2, -0.15) is 0 Å². The maximum atomic E-state index is 12.6. The smallest absolute Gasteiger partial charge is 0.241 e. The van der Waals surface area contributed by atoms with Gasteiger partial charge in [0.25, 0.3) is 0 Å². The van der Waals surface area contributed by atoms with E-state index in [1.54, 1.807) is 19.4 Å². The Morgan fingerprint density at radius 2 is 2.00 bits per heavy atom. The first kappa shape index (κ1) is 22.1. The number of rotatable bonds is 7. The lowest BCUT2D eigenvalue weighted by molar-refractivity contribution is 0.114. The third-order valence-electron chi connectivity index (χ3n) is 5.70. The van der Waals surface area contributed by atoms with Crippen LogP contribution in [-0.4, -0.2) is 30.1 Å². The topological polar surface area (TPSA) is 82.3 Å². The summed E-state index contributed by atoms with van der Waals surface area (Å²) in [5.74, 6) is 1.22. The quantitative estimate of drug-likeness (QED) is 0.578. The van der Waals surface area contributed by atoms with Crippen molar-refractivity contribution in [1.82, 2.24) is 15.3 Å². The number of hydrogen-bond donors (Lipinski definition) is 2. The molecule has 0 saturated carbocycles. The molecule has 2 unspecified atom stereocenters. The Kier molecular flexibility index (Phi) is 6.08. The van der Waals surface area contributed by atoms with Crippen molar-refractivity contribution in [2.24, 2.45) is 5.73 Å². The molecule has 0 saturated heterocycles. The van der Waals surface area contributed by atoms with Gasteiger partial charge in [0.2, 0.25) is 6.43 Å². The van der Waals surface area contributed by atoms with E-state index in [2.05, 4.69) is 10.3 Å². The number of hydrogen-bond acceptors (Lipinski definition) is 6. The molecule has 1 aliphatic heterocycles. The van der Waals surface area contributed by atoms with E-state index in [4.69, 9.17) is 20.2 Å². The Balaban J connectivity index is 1.89. The van der Waals surface area contributed by atoms with Crippen LogP contribution in [0.5, 0.6) is 11.5 Å². The number of aromatic nitrogens is 2. The second-order valence-corrected chi connectivity index (χ2v) is 7.81. The summed E-state index contributed by atoms with van der Waals surface area (Å²) in [7, 11) is 1.62. The number of nitrogens with zero attached hydrogens (tertiary/aromatic N) is 2. The lowest BCUT2D eigenvalue weighted by Gasteiger charge is -2.32. The minimum Gasteiger partial charge on any atom is -0.495 e. The molecule has 0 amide bonds. The SMILES string of the molecule is COc1c(C)cc(C2(c3cccc(OCCC(F)F)c3)NC(N)c3ncccc32)nc1C. The van der Waals surface area contributed by atoms with Gasteiger partial charge in [-0.1, -0.05) is 18.2 Å². The summed E-state index contributed by atoms with van der Waals surface area (Å²) >= 11 is 0. The van der Waals surface area contributed by atoms with Crippen molar-refractivity contribution in [3.63, 3.8) is 0 Å². The second kappa shape index (κ2) is 8.80. The summed E-state index contributed by atoms with van der Waals surface area (Å²) in [6.45, 7) is 3.79. The number of aryl methyl sites for hydroxylation is 2. The fourth-order valence-electron chi connectivity index (χ4n) is 4.37. The number of nitrogens with two attached hydrogens (primary N) is 1. The lowest BCUT2D eigenvalue weighted by Crippen LogP contribution is -2.43. The van der Waals surface area contributed by atoms with E-state index in [0.717, 1.165) is 39.5 Å². The van der Waals surface area contributed by atoms with E-state index >= 15 is 0 Å². The summed E-state index contributed by atoms with van der Waals surface area (Å²) < 4.78 is 36.2. The molecule has 2 atom stereocenters. The molecule has 0 bridgehead atoms. The largest absolute Gasteiger partial charge is 0.495 e. The highest BCUT2D eigenvalue weighted by atomic mass is 19.3. The second-order valence-electron chi connectivity index (χ2n) is 7.81. The van der Waals surface area contributed by atoms with E-state index in [1.165, 1.54) is 0 Å². The molecule has 1 aliphatic rings. The average molecular weight is 440 g/mol. The van der Waals surface area contributed by atoms with Crippen LogP contribution in [0.2, 0.25) is 0 Å². The summed E-state index contributed by atoms with van der Waals surface area (Å²) in [5.41, 5.74) is 10.4. The Bertz CT molecular complexity index is 1100. The highest BCUT2D eigenvalue weighted by Crippen LogP contribution is 2.45. The highest BCUT2D eigenvalue weighted by Gasteiger charge is 2.47. The molecule has 6 nitrogen and oxygen atoms in total. The predicted molar refractivity (Wildman–Crippen MR) is 117 cm³/mol. The van der Waals surface area contributed by atoms with Crippen LogP contribution in [0.4, 0.5) is 8.78 Å². The maximum Gasteiger partial charge on any atom is 0.241 e. The van der Waals surface area contributed by atoms with Crippen LogP contribution in [0, 0.1) is 13.8 Å². The van der Waals surface area contributed by atoms with Crippen molar-refractivity contribution < 1.29 is 18.3 Å². The standard InChI is InChI=1S/C24H26F2N4O2/c1-14-12-19(29-15(2)22(14)31-3)24(18-8-5-10-28-21(18)23(27)30-24)16-6-4-7-17(13-16)32-11-9-20(25)26/h4-8,10,12-13,20,23,30H,9,11,27H2,1-3H3. The number of halogens is 2. The zero-order valence-corrected chi connectivity index (χ0v) is 18.2. The lowest BCUT2D eigenvalue weighted by atomic mass is 9.80. The van der Waals surface area contributed by atoms with E-state index < -0.39 is 18.1 Å². The number of methoxy groups -OCH3 is 1. The summed E-state index contributed by atoms with van der Waals surface area (Å²) in [4.78, 5) is 9.37. The molecule has 4 rings (SSSR count). The zero-order valence-electron chi connectivity index (χ0n) is 18.2. The Hall–Kier alpha value is -3.10. The molecule has 3 aromatic rings. The molecule has 3 N–H and O–H groups in total. The van der Waals surface area contributed by atoms with Crippen LogP contribution in [0.25, 0.3) is 0 Å². The monoisotopic (exact) mass is 440 g/mol. The van der Waals surface area contributed by atoms with Crippen molar-refractivity contribution in [2.75, 3.05) is 13.7 Å². The van der Waals surface area contributed by atoms with E-state index in [1.807, 2.05) is 50.2 Å². The van der Waals surface area contributed by atoms with Crippen LogP contribution in [0.15, 0.2) is 48.7 Å². The van der Waals surface area contributed by atoms with Crippen molar-refractivity contribution in [3.8, 4) is 11.5 Å². The Morgan fingerprint density at radius 1 is 1.19 bits per heavy atom. The number of fused-ring (bicyclic) bond motifs is 1. The van der Waals surface area contributed by atoms with Crippen molar-refractivity contribution >= 4 is 0 Å². The first-order valence-corrected chi connectivity index (χ1v) is 10.4. The number of pyridine rings is 2. The molecule has 3 heterocycles. The van der Waals surface area contributed by atoms with Crippen LogP contribution in [-0.2, 0) is 5.54 Å². The first-order valence-electron chi connectivity index (χ1n) is 10.4. The molecule has 0 radical (unpaired) electrons. The third kappa shape index (κ3) is 3.80. The van der Waals surface area contributed by atoms with Gasteiger partial charge < -0.3 is 15.2 Å². The number of nitrogens with one attached hydrogen (secondary N) is 1. The minimum absolute atomic E-state index is 0.0712. The van der Waals surface area contributed by atoms with Gasteiger partial charge >= 0.3 is 0 Å². The predicted octanol–water partition coefficient (Wildman–Crippen LogP) is 3.99. The maximum absolute atomic E-state index is 12.6. The van der Waals surface area contributed by atoms with Crippen molar-refractivity contribution in [2.45, 2.75) is 38.4 Å². The van der Waals surface area contributed by atoms with E-state index in [0.29, 0.717) is 5.75 Å². The molecule has 32 heavy (non-hydrogen) atoms. The van der Waals surface area contributed by atoms with Gasteiger partial charge in [-0.3, -0.25) is 15.3 Å². The fourth-order valence-corrected chi connectivity index (χ4v) is 4.37. The number of ether oxygens (including phenoxy) is 2. The number of alkyl halides is 2. The van der Waals surface area contributed by atoms with Crippen LogP contribution in [0.3, 0.4) is 0 Å². The summed E-state index contributed by atoms with van der Waals surface area (Å²) in [6, 6.07) is 13.2. The Morgan fingerprint density at radius 3 is 2.72 bits per heavy atom. The molecular weight excluding hydrogens is 414 g/mol. The van der Waals surface area contributed by atoms with Gasteiger partial charge in [0.15, 0.2) is 0 Å². The molecule has 0 aliphatic carbocycles. The van der Waals surface area contributed by atoms with Crippen molar-refractivity contribution in [1.29, 1.82) is 0 Å². The molecule has 168 valence electrons. The normalized spacial score (nSPS) is 19.8. The van der Waals surface area contributed by atoms with Gasteiger partial charge in [-0.25, -0.2) is 8.78 Å². The molecule has 2 aromatic heterocycles. The summed E-state index contributed by atoms with van der Waals surface area (Å²) in [6.07, 6.45) is -1.55. The van der Waals surface area contributed by atoms with E-state index in [9.17, 15) is 8.78 Å². The first-order chi connectivity index (χ1) is 15.4. The molecular formula is C24H26F2N4O2. The van der Waals surface area contributed by atoms with Gasteiger partial charge in [0.05, 0.1) is 30.8 Å². The molecule has 0 fully saturated rings. The van der Waals surface area contributed by atoms with Gasteiger partial charge in [-0.05, 0) is 49.2 Å². The van der Waals surface area contributed by atoms with Crippen molar-refractivity contribution in [3.05, 3.63) is 82.4 Å². The van der Waals surface area contributed by atoms with Crippen LogP contribution < -0.4 is 20.5 Å². The zero-order chi connectivity index (χ0) is 22.9. The van der Waals surface area contributed by atoms with Gasteiger partial charge in [0, 0.05) is 18.2 Å². The highest BCUT2D eigenvalue weighted by molar-refractivity contribution is 5.56. The van der Waals surface area contributed by atoms with Gasteiger partial charge in [-0.15, -0.1) is 0 Å². The van der Waals surface area contributed by atoms with E-state index in [-0.39, 0.29) is 13.0 Å². The fraction of sp³-hybridized carbons (Fsp3) is 0.333. The third-order valence-corrected chi connectivity index (χ3v) is 5.70. The molecule has 1 aromatic carbocycles. The number of benzene rings is 1. The van der Waals surface area contributed by atoms with Crippen LogP contribution in [0.1, 0.15) is 46.4 Å². The Labute approximate surface area is 185 Å². The van der Waals surface area contributed by atoms with Gasteiger partial charge in [0.1, 0.15) is 23.2 Å². The average Bonchev–Trinajstić information content (AvgIpc) is 3.07.